The molecule has 0 heterocycles. The van der Waals surface area contributed by atoms with Crippen molar-refractivity contribution in [1.82, 2.24) is 0 Å². The molecule has 56 heavy (non-hydrogen) atoms. The lowest BCUT2D eigenvalue weighted by molar-refractivity contribution is -0.161. The van der Waals surface area contributed by atoms with E-state index in [4.69, 9.17) is 19.1 Å². The zero-order valence-electron chi connectivity index (χ0n) is 33.9. The number of carbonyl (C=O) groups is 2. The lowest BCUT2D eigenvalue weighted by atomic mass is 10.1. The fraction of sp³-hybridized carbons (Fsp3) is 0.591. The van der Waals surface area contributed by atoms with Crippen molar-refractivity contribution >= 4 is 19.8 Å². The number of esters is 2. The number of phosphoric acid groups is 1. The summed E-state index contributed by atoms with van der Waals surface area (Å²) in [4.78, 5) is 34.9. The van der Waals surface area contributed by atoms with E-state index >= 15 is 0 Å². The second kappa shape index (κ2) is 38.7. The average molecular weight is 807 g/mol. The van der Waals surface area contributed by atoms with Crippen molar-refractivity contribution in [3.63, 3.8) is 0 Å². The van der Waals surface area contributed by atoms with Crippen LogP contribution in [-0.4, -0.2) is 76.9 Å². The predicted molar refractivity (Wildman–Crippen MR) is 225 cm³/mol. The molecule has 0 aromatic heterocycles. The van der Waals surface area contributed by atoms with Gasteiger partial charge in [-0.1, -0.05) is 124 Å². The largest absolute Gasteiger partial charge is 0.472 e. The van der Waals surface area contributed by atoms with E-state index in [0.717, 1.165) is 51.4 Å². The second-order valence-corrected chi connectivity index (χ2v) is 14.6. The highest BCUT2D eigenvalue weighted by atomic mass is 31.2. The maximum Gasteiger partial charge on any atom is 0.472 e. The van der Waals surface area contributed by atoms with Gasteiger partial charge >= 0.3 is 19.8 Å². The number of ether oxygens (including phenoxy) is 2. The summed E-state index contributed by atoms with van der Waals surface area (Å²) in [5.74, 6) is -1.07. The molecular formula is C44H71O11P. The molecule has 0 fully saturated rings. The summed E-state index contributed by atoms with van der Waals surface area (Å²) in [5, 5.41) is 27.8. The first-order valence-corrected chi connectivity index (χ1v) is 21.8. The molecule has 1 unspecified atom stereocenters. The lowest BCUT2D eigenvalue weighted by Gasteiger charge is -2.20. The molecule has 0 saturated heterocycles. The Balaban J connectivity index is 4.55. The zero-order chi connectivity index (χ0) is 41.4. The molecule has 12 heteroatoms. The highest BCUT2D eigenvalue weighted by Crippen LogP contribution is 2.43. The quantitative estimate of drug-likeness (QED) is 0.0156. The molecule has 0 aromatic rings. The number of aliphatic hydroxyl groups is 3. The van der Waals surface area contributed by atoms with Gasteiger partial charge in [-0.3, -0.25) is 18.6 Å². The minimum atomic E-state index is -4.65. The van der Waals surface area contributed by atoms with Crippen LogP contribution in [0.15, 0.2) is 97.2 Å². The molecule has 0 aromatic carbocycles. The molecule has 0 aliphatic rings. The van der Waals surface area contributed by atoms with Crippen LogP contribution in [0.25, 0.3) is 0 Å². The molecule has 0 saturated carbocycles. The fourth-order valence-electron chi connectivity index (χ4n) is 4.57. The van der Waals surface area contributed by atoms with E-state index in [9.17, 15) is 29.3 Å². The maximum atomic E-state index is 12.6. The summed E-state index contributed by atoms with van der Waals surface area (Å²) in [7, 11) is -4.65. The van der Waals surface area contributed by atoms with Gasteiger partial charge in [0, 0.05) is 12.8 Å². The van der Waals surface area contributed by atoms with Crippen molar-refractivity contribution in [2.24, 2.45) is 0 Å². The average Bonchev–Trinajstić information content (AvgIpc) is 3.19. The van der Waals surface area contributed by atoms with Crippen LogP contribution < -0.4 is 0 Å². The number of hydrogen-bond donors (Lipinski definition) is 4. The van der Waals surface area contributed by atoms with Crippen LogP contribution in [0.5, 0.6) is 0 Å². The number of carbonyl (C=O) groups excluding carboxylic acids is 2. The number of hydrogen-bond acceptors (Lipinski definition) is 10. The molecule has 0 amide bonds. The summed E-state index contributed by atoms with van der Waals surface area (Å²) >= 11 is 0. The van der Waals surface area contributed by atoms with Crippen LogP contribution in [-0.2, 0) is 32.7 Å². The first-order valence-electron chi connectivity index (χ1n) is 20.3. The predicted octanol–water partition coefficient (Wildman–Crippen LogP) is 9.41. The number of aliphatic hydroxyl groups excluding tert-OH is 3. The molecule has 4 N–H and O–H groups in total. The van der Waals surface area contributed by atoms with E-state index in [-0.39, 0.29) is 19.4 Å². The Labute approximate surface area is 336 Å². The third kappa shape index (κ3) is 37.8. The van der Waals surface area contributed by atoms with Crippen molar-refractivity contribution in [1.29, 1.82) is 0 Å². The molecule has 4 atom stereocenters. The Morgan fingerprint density at radius 2 is 1.11 bits per heavy atom. The SMILES string of the molecule is CCCCC/C=C\C/C=C\C/C=C\CCCCC(=O)OC[C@H](COP(=O)(O)OC[C@@H](O)CO)OC(=O)CCC/C=C\C/C=C\C/C=C\C/C=C\C=C\[C@H](O)CC. The monoisotopic (exact) mass is 806 g/mol. The number of rotatable bonds is 36. The molecular weight excluding hydrogens is 735 g/mol. The Hall–Kier alpha value is -3.15. The number of phosphoric ester groups is 1. The highest BCUT2D eigenvalue weighted by Gasteiger charge is 2.27. The normalized spacial score (nSPS) is 15.5. The van der Waals surface area contributed by atoms with Crippen LogP contribution in [0.1, 0.15) is 123 Å². The van der Waals surface area contributed by atoms with E-state index in [1.807, 2.05) is 37.3 Å². The Kier molecular flexibility index (Phi) is 36.5. The first kappa shape index (κ1) is 52.9. The van der Waals surface area contributed by atoms with Crippen LogP contribution in [0.4, 0.5) is 0 Å². The summed E-state index contributed by atoms with van der Waals surface area (Å²) < 4.78 is 32.5. The highest BCUT2D eigenvalue weighted by molar-refractivity contribution is 7.47. The van der Waals surface area contributed by atoms with Crippen LogP contribution >= 0.6 is 7.82 Å². The summed E-state index contributed by atoms with van der Waals surface area (Å²) in [6.07, 6.45) is 43.3. The Morgan fingerprint density at radius 3 is 1.66 bits per heavy atom. The summed E-state index contributed by atoms with van der Waals surface area (Å²) in [5.41, 5.74) is 0. The van der Waals surface area contributed by atoms with E-state index in [1.165, 1.54) is 19.3 Å². The standard InChI is InChI=1S/C44H71O11P/c1-3-5-6-7-8-9-10-11-12-16-19-22-25-28-31-34-43(48)52-38-42(39-54-56(50,51)53-37-41(47)36-45)55-44(49)35-32-29-26-23-20-17-14-13-15-18-21-24-27-30-33-40(46)4-2/h8-9,11-12,14-15,17-19,22-24,26-27,30,33,40-42,45-47H,3-7,10,13,16,20-21,25,28-29,31-32,34-39H2,1-2H3,(H,50,51)/b9-8-,12-11-,17-14-,18-15-,22-19-,26-23-,27-24-,33-30+/t40-,41+,42-/m1/s1. The molecule has 0 spiro atoms. The fourth-order valence-corrected chi connectivity index (χ4v) is 5.36. The smallest absolute Gasteiger partial charge is 0.462 e. The van der Waals surface area contributed by atoms with E-state index in [1.54, 1.807) is 6.08 Å². The van der Waals surface area contributed by atoms with Crippen LogP contribution in [0, 0.1) is 0 Å². The van der Waals surface area contributed by atoms with Gasteiger partial charge in [0.1, 0.15) is 12.7 Å². The van der Waals surface area contributed by atoms with Gasteiger partial charge < -0.3 is 29.7 Å². The van der Waals surface area contributed by atoms with Gasteiger partial charge in [0.05, 0.1) is 25.9 Å². The minimum Gasteiger partial charge on any atom is -0.462 e. The second-order valence-electron chi connectivity index (χ2n) is 13.1. The third-order valence-corrected chi connectivity index (χ3v) is 8.83. The third-order valence-electron chi connectivity index (χ3n) is 7.88. The topological polar surface area (TPSA) is 169 Å². The molecule has 0 rings (SSSR count). The van der Waals surface area contributed by atoms with E-state index < -0.39 is 57.9 Å². The lowest BCUT2D eigenvalue weighted by Crippen LogP contribution is -2.29. The van der Waals surface area contributed by atoms with Gasteiger partial charge in [-0.2, -0.15) is 0 Å². The van der Waals surface area contributed by atoms with Gasteiger partial charge in [-0.05, 0) is 83.5 Å². The Morgan fingerprint density at radius 1 is 0.607 bits per heavy atom. The molecule has 0 bridgehead atoms. The molecule has 0 radical (unpaired) electrons. The molecule has 318 valence electrons. The van der Waals surface area contributed by atoms with Gasteiger partial charge in [-0.15, -0.1) is 0 Å². The van der Waals surface area contributed by atoms with Crippen LogP contribution in [0.2, 0.25) is 0 Å². The summed E-state index contributed by atoms with van der Waals surface area (Å²) in [6, 6.07) is 0. The van der Waals surface area contributed by atoms with Crippen molar-refractivity contribution < 1.29 is 52.9 Å². The first-order chi connectivity index (χ1) is 27.1. The summed E-state index contributed by atoms with van der Waals surface area (Å²) in [6.45, 7) is 1.86. The Bertz CT molecular complexity index is 1270. The van der Waals surface area contributed by atoms with Crippen LogP contribution in [0.3, 0.4) is 0 Å². The molecule has 11 nitrogen and oxygen atoms in total. The van der Waals surface area contributed by atoms with Crippen molar-refractivity contribution in [3.05, 3.63) is 97.2 Å². The zero-order valence-corrected chi connectivity index (χ0v) is 34.8. The minimum absolute atomic E-state index is 0.0777. The van der Waals surface area contributed by atoms with Crippen molar-refractivity contribution in [2.75, 3.05) is 26.4 Å². The number of allylic oxidation sites excluding steroid dienone is 15. The van der Waals surface area contributed by atoms with Gasteiger partial charge in [-0.25, -0.2) is 4.57 Å². The van der Waals surface area contributed by atoms with E-state index in [0.29, 0.717) is 25.7 Å². The van der Waals surface area contributed by atoms with Crippen molar-refractivity contribution in [2.45, 2.75) is 141 Å². The van der Waals surface area contributed by atoms with E-state index in [2.05, 4.69) is 72.2 Å². The molecule has 0 aliphatic heterocycles. The van der Waals surface area contributed by atoms with Gasteiger partial charge in [0.15, 0.2) is 6.10 Å². The molecule has 0 aliphatic carbocycles. The number of unbranched alkanes of at least 4 members (excludes halogenated alkanes) is 6. The van der Waals surface area contributed by atoms with Crippen molar-refractivity contribution in [3.8, 4) is 0 Å². The van der Waals surface area contributed by atoms with Gasteiger partial charge in [0.25, 0.3) is 0 Å². The maximum absolute atomic E-state index is 12.6. The van der Waals surface area contributed by atoms with Gasteiger partial charge in [0.2, 0.25) is 0 Å².